The maximum absolute atomic E-state index is 9.62. The van der Waals surface area contributed by atoms with Crippen LogP contribution in [0.15, 0.2) is 24.3 Å². The summed E-state index contributed by atoms with van der Waals surface area (Å²) in [6.07, 6.45) is 1.87. The van der Waals surface area contributed by atoms with Crippen molar-refractivity contribution in [3.63, 3.8) is 0 Å². The number of rotatable bonds is 3. The van der Waals surface area contributed by atoms with E-state index in [2.05, 4.69) is 54.8 Å². The fourth-order valence-electron chi connectivity index (χ4n) is 2.67. The van der Waals surface area contributed by atoms with E-state index in [0.717, 1.165) is 31.6 Å². The molecule has 0 aromatic heterocycles. The number of hydrogen-bond donors (Lipinski definition) is 2. The number of nitriles is 1. The Bertz CT molecular complexity index is 432. The highest BCUT2D eigenvalue weighted by Gasteiger charge is 2.40. The van der Waals surface area contributed by atoms with E-state index in [1.807, 2.05) is 0 Å². The minimum Gasteiger partial charge on any atom is -0.367 e. The second-order valence-corrected chi connectivity index (χ2v) is 5.13. The monoisotopic (exact) mass is 243 g/mol. The van der Waals surface area contributed by atoms with E-state index in [9.17, 15) is 5.26 Å². The Morgan fingerprint density at radius 1 is 1.44 bits per heavy atom. The minimum atomic E-state index is -0.421. The van der Waals surface area contributed by atoms with E-state index >= 15 is 0 Å². The third kappa shape index (κ3) is 2.49. The predicted molar refractivity (Wildman–Crippen MR) is 74.4 cm³/mol. The van der Waals surface area contributed by atoms with Gasteiger partial charge in [0.1, 0.15) is 5.54 Å². The van der Waals surface area contributed by atoms with Gasteiger partial charge in [0.15, 0.2) is 0 Å². The fourth-order valence-corrected chi connectivity index (χ4v) is 2.67. The van der Waals surface area contributed by atoms with Gasteiger partial charge in [-0.3, -0.25) is 0 Å². The lowest BCUT2D eigenvalue weighted by molar-refractivity contribution is 0.276. The molecule has 1 heterocycles. The molecule has 2 atom stereocenters. The maximum Gasteiger partial charge on any atom is 0.130 e. The lowest BCUT2D eigenvalue weighted by atomic mass is 9.78. The smallest absolute Gasteiger partial charge is 0.130 e. The number of hydrogen-bond acceptors (Lipinski definition) is 3. The zero-order valence-corrected chi connectivity index (χ0v) is 11.2. The van der Waals surface area contributed by atoms with Gasteiger partial charge in [-0.1, -0.05) is 24.6 Å². The maximum atomic E-state index is 9.62. The van der Waals surface area contributed by atoms with Crippen molar-refractivity contribution in [2.24, 2.45) is 5.92 Å². The summed E-state index contributed by atoms with van der Waals surface area (Å²) in [5, 5.41) is 16.5. The molecule has 0 bridgehead atoms. The van der Waals surface area contributed by atoms with Gasteiger partial charge in [-0.05, 0) is 38.4 Å². The van der Waals surface area contributed by atoms with Gasteiger partial charge in [-0.15, -0.1) is 0 Å². The Kier molecular flexibility index (Phi) is 3.88. The Morgan fingerprint density at radius 3 is 2.78 bits per heavy atom. The molecule has 2 N–H and O–H groups in total. The first-order valence-electron chi connectivity index (χ1n) is 6.67. The minimum absolute atomic E-state index is 0.359. The molecule has 3 heteroatoms. The lowest BCUT2D eigenvalue weighted by Gasteiger charge is -2.40. The first-order chi connectivity index (χ1) is 8.70. The molecule has 0 radical (unpaired) electrons. The molecule has 96 valence electrons. The quantitative estimate of drug-likeness (QED) is 0.858. The van der Waals surface area contributed by atoms with Crippen molar-refractivity contribution in [2.45, 2.75) is 32.2 Å². The van der Waals surface area contributed by atoms with Crippen LogP contribution < -0.4 is 10.6 Å². The van der Waals surface area contributed by atoms with E-state index in [1.54, 1.807) is 0 Å². The van der Waals surface area contributed by atoms with Gasteiger partial charge >= 0.3 is 0 Å². The summed E-state index contributed by atoms with van der Waals surface area (Å²) in [4.78, 5) is 0. The van der Waals surface area contributed by atoms with Gasteiger partial charge in [-0.2, -0.15) is 5.26 Å². The third-order valence-electron chi connectivity index (χ3n) is 3.90. The van der Waals surface area contributed by atoms with Crippen LogP contribution in [0, 0.1) is 24.2 Å². The van der Waals surface area contributed by atoms with Gasteiger partial charge in [0.05, 0.1) is 6.07 Å². The number of benzene rings is 1. The van der Waals surface area contributed by atoms with Gasteiger partial charge in [0.2, 0.25) is 0 Å². The van der Waals surface area contributed by atoms with E-state index < -0.39 is 5.54 Å². The number of nitrogens with one attached hydrogen (secondary N) is 2. The molecule has 1 fully saturated rings. The predicted octanol–water partition coefficient (Wildman–Crippen LogP) is 2.69. The van der Waals surface area contributed by atoms with Crippen molar-refractivity contribution < 1.29 is 0 Å². The second kappa shape index (κ2) is 5.41. The van der Waals surface area contributed by atoms with Gasteiger partial charge in [0.25, 0.3) is 0 Å². The van der Waals surface area contributed by atoms with E-state index in [1.165, 1.54) is 5.56 Å². The molecule has 1 aliphatic rings. The largest absolute Gasteiger partial charge is 0.367 e. The molecule has 1 aromatic carbocycles. The van der Waals surface area contributed by atoms with Crippen molar-refractivity contribution in [3.8, 4) is 6.07 Å². The van der Waals surface area contributed by atoms with Crippen LogP contribution in [0.3, 0.4) is 0 Å². The molecule has 1 saturated heterocycles. The van der Waals surface area contributed by atoms with Crippen LogP contribution in [0.1, 0.15) is 25.3 Å². The molecule has 18 heavy (non-hydrogen) atoms. The summed E-state index contributed by atoms with van der Waals surface area (Å²) >= 11 is 0. The molecule has 0 aliphatic carbocycles. The summed E-state index contributed by atoms with van der Waals surface area (Å²) in [7, 11) is 0. The highest BCUT2D eigenvalue weighted by atomic mass is 15.0. The van der Waals surface area contributed by atoms with E-state index in [-0.39, 0.29) is 0 Å². The van der Waals surface area contributed by atoms with Crippen LogP contribution in [-0.4, -0.2) is 18.6 Å². The molecule has 0 saturated carbocycles. The molecule has 2 unspecified atom stereocenters. The Balaban J connectivity index is 2.21. The van der Waals surface area contributed by atoms with E-state index in [0.29, 0.717) is 5.92 Å². The van der Waals surface area contributed by atoms with Crippen LogP contribution in [0.25, 0.3) is 0 Å². The zero-order chi connectivity index (χ0) is 13.0. The van der Waals surface area contributed by atoms with Crippen LogP contribution >= 0.6 is 0 Å². The highest BCUT2D eigenvalue weighted by Crippen LogP contribution is 2.30. The molecular weight excluding hydrogens is 222 g/mol. The number of piperidine rings is 1. The van der Waals surface area contributed by atoms with Crippen molar-refractivity contribution in [2.75, 3.05) is 18.4 Å². The summed E-state index contributed by atoms with van der Waals surface area (Å²) in [5.74, 6) is 0.359. The van der Waals surface area contributed by atoms with Crippen molar-refractivity contribution in [1.82, 2.24) is 5.32 Å². The fraction of sp³-hybridized carbons (Fsp3) is 0.533. The van der Waals surface area contributed by atoms with Gasteiger partial charge in [-0.25, -0.2) is 0 Å². The molecular formula is C15H21N3. The molecule has 1 aromatic rings. The van der Waals surface area contributed by atoms with Gasteiger partial charge in [0, 0.05) is 18.2 Å². The highest BCUT2D eigenvalue weighted by molar-refractivity contribution is 5.49. The first-order valence-corrected chi connectivity index (χ1v) is 6.67. The summed E-state index contributed by atoms with van der Waals surface area (Å²) in [5.41, 5.74) is 1.86. The molecule has 3 nitrogen and oxygen atoms in total. The molecule has 1 aliphatic heterocycles. The average Bonchev–Trinajstić information content (AvgIpc) is 2.42. The van der Waals surface area contributed by atoms with Crippen molar-refractivity contribution in [1.29, 1.82) is 5.26 Å². The third-order valence-corrected chi connectivity index (χ3v) is 3.90. The van der Waals surface area contributed by atoms with Gasteiger partial charge < -0.3 is 10.6 Å². The zero-order valence-electron chi connectivity index (χ0n) is 11.2. The van der Waals surface area contributed by atoms with E-state index in [4.69, 9.17) is 0 Å². The SMILES string of the molecule is CCC1CNCCC1(C#N)Nc1ccc(C)cc1. The van der Waals surface area contributed by atoms with Crippen LogP contribution in [-0.2, 0) is 0 Å². The molecule has 0 amide bonds. The number of aryl methyl sites for hydroxylation is 1. The standard InChI is InChI=1S/C15H21N3/c1-3-13-10-17-9-8-15(13,11-16)18-14-6-4-12(2)5-7-14/h4-7,13,17-18H,3,8-10H2,1-2H3. The van der Waals surface area contributed by atoms with Crippen LogP contribution in [0.2, 0.25) is 0 Å². The van der Waals surface area contributed by atoms with Crippen LogP contribution in [0.5, 0.6) is 0 Å². The lowest BCUT2D eigenvalue weighted by Crippen LogP contribution is -2.54. The summed E-state index contributed by atoms with van der Waals surface area (Å²) in [6, 6.07) is 10.8. The average molecular weight is 243 g/mol. The first kappa shape index (κ1) is 12.9. The van der Waals surface area contributed by atoms with Crippen molar-refractivity contribution >= 4 is 5.69 Å². The van der Waals surface area contributed by atoms with Crippen molar-refractivity contribution in [3.05, 3.63) is 29.8 Å². The summed E-state index contributed by atoms with van der Waals surface area (Å²) < 4.78 is 0. The molecule has 2 rings (SSSR count). The second-order valence-electron chi connectivity index (χ2n) is 5.13. The summed E-state index contributed by atoms with van der Waals surface area (Å²) in [6.45, 7) is 6.05. The Hall–Kier alpha value is -1.53. The Morgan fingerprint density at radius 2 is 2.17 bits per heavy atom. The molecule has 0 spiro atoms. The topological polar surface area (TPSA) is 47.9 Å². The normalized spacial score (nSPS) is 27.5. The van der Waals surface area contributed by atoms with Crippen LogP contribution in [0.4, 0.5) is 5.69 Å². The number of nitrogens with zero attached hydrogens (tertiary/aromatic N) is 1. The Labute approximate surface area is 109 Å². The number of anilines is 1.